The number of nitrogens with zero attached hydrogens (tertiary/aromatic N) is 1. The van der Waals surface area contributed by atoms with E-state index in [1.165, 1.54) is 11.6 Å². The topological polar surface area (TPSA) is 32.7 Å². The molecular formula is C27H26F3NO2. The molecule has 33 heavy (non-hydrogen) atoms. The van der Waals surface area contributed by atoms with Crippen molar-refractivity contribution in [2.45, 2.75) is 44.2 Å². The Hall–Kier alpha value is -2.83. The highest BCUT2D eigenvalue weighted by molar-refractivity contribution is 5.48. The van der Waals surface area contributed by atoms with Gasteiger partial charge in [0.15, 0.2) is 0 Å². The van der Waals surface area contributed by atoms with Crippen LogP contribution in [0, 0.1) is 6.92 Å². The van der Waals surface area contributed by atoms with Crippen LogP contribution in [0.3, 0.4) is 0 Å². The van der Waals surface area contributed by atoms with Crippen LogP contribution in [0.4, 0.5) is 13.2 Å². The van der Waals surface area contributed by atoms with Crippen molar-refractivity contribution in [2.75, 3.05) is 13.1 Å². The molecule has 3 nitrogen and oxygen atoms in total. The molecule has 1 fully saturated rings. The van der Waals surface area contributed by atoms with Crippen LogP contribution in [0.1, 0.15) is 52.3 Å². The Morgan fingerprint density at radius 1 is 0.939 bits per heavy atom. The Morgan fingerprint density at radius 2 is 1.70 bits per heavy atom. The molecule has 0 aliphatic carbocycles. The van der Waals surface area contributed by atoms with Gasteiger partial charge in [0.25, 0.3) is 0 Å². The van der Waals surface area contributed by atoms with E-state index in [2.05, 4.69) is 30.0 Å². The first kappa shape index (κ1) is 22.0. The zero-order valence-electron chi connectivity index (χ0n) is 18.4. The summed E-state index contributed by atoms with van der Waals surface area (Å²) in [6, 6.07) is 19.5. The molecule has 1 N–H and O–H groups in total. The number of hydrogen-bond donors (Lipinski definition) is 1. The van der Waals surface area contributed by atoms with Gasteiger partial charge in [0, 0.05) is 18.7 Å². The van der Waals surface area contributed by atoms with Gasteiger partial charge in [-0.05, 0) is 54.7 Å². The van der Waals surface area contributed by atoms with Crippen molar-refractivity contribution >= 4 is 0 Å². The second-order valence-corrected chi connectivity index (χ2v) is 9.08. The fourth-order valence-corrected chi connectivity index (χ4v) is 5.09. The van der Waals surface area contributed by atoms with Gasteiger partial charge in [-0.1, -0.05) is 54.1 Å². The number of alkyl halides is 3. The average Bonchev–Trinajstić information content (AvgIpc) is 2.96. The highest BCUT2D eigenvalue weighted by Gasteiger charge is 2.40. The van der Waals surface area contributed by atoms with Crippen LogP contribution in [0.15, 0.2) is 66.7 Å². The molecular weight excluding hydrogens is 427 g/mol. The third-order valence-corrected chi connectivity index (χ3v) is 6.91. The smallest absolute Gasteiger partial charge is 0.416 e. The minimum atomic E-state index is -4.43. The number of benzene rings is 3. The molecule has 0 aromatic heterocycles. The summed E-state index contributed by atoms with van der Waals surface area (Å²) < 4.78 is 45.8. The normalized spacial score (nSPS) is 20.3. The monoisotopic (exact) mass is 453 g/mol. The maximum absolute atomic E-state index is 13.2. The van der Waals surface area contributed by atoms with Gasteiger partial charge in [0.05, 0.1) is 17.2 Å². The molecule has 1 atom stereocenters. The maximum Gasteiger partial charge on any atom is 0.416 e. The van der Waals surface area contributed by atoms with Crippen LogP contribution in [0.2, 0.25) is 0 Å². The SMILES string of the molecule is Cc1ccc2c(c1)C(N1CCC(O)(c3cccc(C(F)(F)F)c3)CC1)c1ccccc1CO2. The number of ether oxygens (including phenoxy) is 1. The van der Waals surface area contributed by atoms with Gasteiger partial charge >= 0.3 is 6.18 Å². The van der Waals surface area contributed by atoms with Crippen LogP contribution in [-0.2, 0) is 18.4 Å². The second-order valence-electron chi connectivity index (χ2n) is 9.08. The number of piperidine rings is 1. The van der Waals surface area contributed by atoms with Crippen molar-refractivity contribution in [3.8, 4) is 5.75 Å². The highest BCUT2D eigenvalue weighted by atomic mass is 19.4. The van der Waals surface area contributed by atoms with Crippen molar-refractivity contribution in [1.82, 2.24) is 4.90 Å². The summed E-state index contributed by atoms with van der Waals surface area (Å²) in [5.41, 5.74) is 2.84. The summed E-state index contributed by atoms with van der Waals surface area (Å²) in [5.74, 6) is 0.848. The zero-order valence-corrected chi connectivity index (χ0v) is 18.4. The number of halogens is 3. The van der Waals surface area contributed by atoms with E-state index < -0.39 is 17.3 Å². The fourth-order valence-electron chi connectivity index (χ4n) is 5.09. The lowest BCUT2D eigenvalue weighted by atomic mass is 9.82. The zero-order chi connectivity index (χ0) is 23.2. The second kappa shape index (κ2) is 8.19. The Morgan fingerprint density at radius 3 is 2.45 bits per heavy atom. The first-order chi connectivity index (χ1) is 15.7. The van der Waals surface area contributed by atoms with Crippen molar-refractivity contribution < 1.29 is 23.0 Å². The first-order valence-electron chi connectivity index (χ1n) is 11.2. The number of likely N-dealkylation sites (tertiary alicyclic amines) is 1. The quantitative estimate of drug-likeness (QED) is 0.518. The number of fused-ring (bicyclic) bond motifs is 2. The first-order valence-corrected chi connectivity index (χ1v) is 11.2. The summed E-state index contributed by atoms with van der Waals surface area (Å²) in [7, 11) is 0. The third-order valence-electron chi connectivity index (χ3n) is 6.91. The van der Waals surface area contributed by atoms with E-state index in [1.54, 1.807) is 6.07 Å². The molecule has 1 unspecified atom stereocenters. The Balaban J connectivity index is 1.47. The van der Waals surface area contributed by atoms with Gasteiger partial charge in [-0.15, -0.1) is 0 Å². The van der Waals surface area contributed by atoms with E-state index in [0.29, 0.717) is 38.1 Å². The van der Waals surface area contributed by atoms with E-state index in [-0.39, 0.29) is 6.04 Å². The molecule has 0 bridgehead atoms. The van der Waals surface area contributed by atoms with Crippen molar-refractivity contribution in [3.05, 3.63) is 100 Å². The van der Waals surface area contributed by atoms with Gasteiger partial charge in [0.1, 0.15) is 12.4 Å². The van der Waals surface area contributed by atoms with Crippen LogP contribution in [0.25, 0.3) is 0 Å². The summed E-state index contributed by atoms with van der Waals surface area (Å²) in [5, 5.41) is 11.3. The Kier molecular flexibility index (Phi) is 5.46. The number of aliphatic hydroxyl groups is 1. The van der Waals surface area contributed by atoms with E-state index in [9.17, 15) is 18.3 Å². The molecule has 172 valence electrons. The number of aryl methyl sites for hydroxylation is 1. The van der Waals surface area contributed by atoms with E-state index in [1.807, 2.05) is 24.3 Å². The lowest BCUT2D eigenvalue weighted by molar-refractivity contribution is -0.137. The largest absolute Gasteiger partial charge is 0.489 e. The minimum Gasteiger partial charge on any atom is -0.489 e. The van der Waals surface area contributed by atoms with Crippen LogP contribution in [0.5, 0.6) is 5.75 Å². The fraction of sp³-hybridized carbons (Fsp3) is 0.333. The summed E-state index contributed by atoms with van der Waals surface area (Å²) in [4.78, 5) is 2.31. The molecule has 2 aliphatic rings. The molecule has 0 amide bonds. The summed E-state index contributed by atoms with van der Waals surface area (Å²) >= 11 is 0. The summed E-state index contributed by atoms with van der Waals surface area (Å²) in [6.45, 7) is 3.65. The molecule has 2 heterocycles. The van der Waals surface area contributed by atoms with E-state index >= 15 is 0 Å². The maximum atomic E-state index is 13.2. The van der Waals surface area contributed by atoms with Gasteiger partial charge in [0.2, 0.25) is 0 Å². The Labute approximate surface area is 191 Å². The van der Waals surface area contributed by atoms with Gasteiger partial charge < -0.3 is 9.84 Å². The summed E-state index contributed by atoms with van der Waals surface area (Å²) in [6.07, 6.45) is -3.72. The molecule has 2 aliphatic heterocycles. The van der Waals surface area contributed by atoms with Crippen LogP contribution < -0.4 is 4.74 Å². The van der Waals surface area contributed by atoms with E-state index in [4.69, 9.17) is 4.74 Å². The minimum absolute atomic E-state index is 0.0374. The third kappa shape index (κ3) is 4.13. The predicted octanol–water partition coefficient (Wildman–Crippen LogP) is 5.98. The highest BCUT2D eigenvalue weighted by Crippen LogP contribution is 2.44. The molecule has 1 saturated heterocycles. The Bertz CT molecular complexity index is 1170. The van der Waals surface area contributed by atoms with Crippen LogP contribution in [-0.4, -0.2) is 23.1 Å². The van der Waals surface area contributed by atoms with E-state index in [0.717, 1.165) is 34.6 Å². The number of rotatable bonds is 2. The molecule has 0 radical (unpaired) electrons. The van der Waals surface area contributed by atoms with Gasteiger partial charge in [-0.25, -0.2) is 0 Å². The standard InChI is InChI=1S/C27H26F3NO2/c1-18-9-10-24-23(15-18)25(22-8-3-2-5-19(22)17-33-24)31-13-11-26(32,12-14-31)20-6-4-7-21(16-20)27(28,29)30/h2-10,15-16,25,32H,11-14,17H2,1H3. The van der Waals surface area contributed by atoms with Crippen molar-refractivity contribution in [1.29, 1.82) is 0 Å². The van der Waals surface area contributed by atoms with Crippen molar-refractivity contribution in [3.63, 3.8) is 0 Å². The molecule has 6 heteroatoms. The van der Waals surface area contributed by atoms with Crippen molar-refractivity contribution in [2.24, 2.45) is 0 Å². The lowest BCUT2D eigenvalue weighted by Gasteiger charge is -2.42. The molecule has 3 aromatic rings. The molecule has 5 rings (SSSR count). The molecule has 0 saturated carbocycles. The molecule has 0 spiro atoms. The lowest BCUT2D eigenvalue weighted by Crippen LogP contribution is -2.44. The van der Waals surface area contributed by atoms with Crippen LogP contribution >= 0.6 is 0 Å². The predicted molar refractivity (Wildman–Crippen MR) is 120 cm³/mol. The van der Waals surface area contributed by atoms with Gasteiger partial charge in [-0.2, -0.15) is 13.2 Å². The van der Waals surface area contributed by atoms with Gasteiger partial charge in [-0.3, -0.25) is 4.90 Å². The number of hydrogen-bond acceptors (Lipinski definition) is 3. The average molecular weight is 454 g/mol. The molecule has 3 aromatic carbocycles.